The molecule has 5 unspecified atom stereocenters. The molecule has 0 aromatic heterocycles. The van der Waals surface area contributed by atoms with Gasteiger partial charge in [0.2, 0.25) is 0 Å². The maximum Gasteiger partial charge on any atom is 0.127 e. The van der Waals surface area contributed by atoms with Gasteiger partial charge in [-0.3, -0.25) is 0 Å². The van der Waals surface area contributed by atoms with Crippen LogP contribution in [0.25, 0.3) is 5.57 Å². The lowest BCUT2D eigenvalue weighted by Crippen LogP contribution is -2.67. The highest BCUT2D eigenvalue weighted by atomic mass is 28.3. The Labute approximate surface area is 210 Å². The third kappa shape index (κ3) is 3.68. The van der Waals surface area contributed by atoms with E-state index in [1.165, 1.54) is 16.7 Å². The summed E-state index contributed by atoms with van der Waals surface area (Å²) in [6.45, 7) is 29.8. The SMILES string of the molecule is COc1ccc2c(c1)C(C)(C)C1=CC3C(C)C(C)C([Si](C)(C)N(C(C)(C)C)C(C)(C)C)C3C=C12. The summed E-state index contributed by atoms with van der Waals surface area (Å²) in [5, 5.41) is 0. The van der Waals surface area contributed by atoms with Crippen molar-refractivity contribution in [3.05, 3.63) is 47.1 Å². The van der Waals surface area contributed by atoms with E-state index in [1.54, 1.807) is 12.7 Å². The Hall–Kier alpha value is -1.32. The lowest BCUT2D eigenvalue weighted by atomic mass is 9.75. The average molecular weight is 480 g/mol. The Bertz CT molecular complexity index is 1020. The molecular formula is C31H49NOSi. The van der Waals surface area contributed by atoms with Gasteiger partial charge in [-0.15, -0.1) is 0 Å². The third-order valence-electron chi connectivity index (χ3n) is 9.47. The van der Waals surface area contributed by atoms with Crippen LogP contribution in [-0.2, 0) is 5.41 Å². The van der Waals surface area contributed by atoms with Gasteiger partial charge in [-0.25, -0.2) is 0 Å². The molecule has 5 atom stereocenters. The van der Waals surface area contributed by atoms with Gasteiger partial charge in [0, 0.05) is 16.5 Å². The first-order valence-electron chi connectivity index (χ1n) is 13.4. The van der Waals surface area contributed by atoms with E-state index in [-0.39, 0.29) is 16.5 Å². The summed E-state index contributed by atoms with van der Waals surface area (Å²) in [5.41, 5.74) is 6.93. The summed E-state index contributed by atoms with van der Waals surface area (Å²) in [4.78, 5) is 0. The van der Waals surface area contributed by atoms with Gasteiger partial charge in [-0.1, -0.05) is 59.0 Å². The number of fused-ring (bicyclic) bond motifs is 4. The monoisotopic (exact) mass is 479 g/mol. The normalized spacial score (nSPS) is 30.5. The number of hydrogen-bond acceptors (Lipinski definition) is 2. The average Bonchev–Trinajstić information content (AvgIpc) is 3.06. The first kappa shape index (κ1) is 25.8. The number of methoxy groups -OCH3 is 1. The zero-order valence-electron chi connectivity index (χ0n) is 24.1. The molecule has 1 fully saturated rings. The fourth-order valence-corrected chi connectivity index (χ4v) is 15.6. The highest BCUT2D eigenvalue weighted by Crippen LogP contribution is 2.62. The van der Waals surface area contributed by atoms with Gasteiger partial charge in [0.25, 0.3) is 0 Å². The number of nitrogens with zero attached hydrogens (tertiary/aromatic N) is 1. The molecule has 0 saturated heterocycles. The molecule has 188 valence electrons. The second-order valence-corrected chi connectivity index (χ2v) is 18.8. The maximum atomic E-state index is 5.60. The highest BCUT2D eigenvalue weighted by Gasteiger charge is 2.58. The molecule has 4 rings (SSSR count). The number of rotatable bonds is 3. The van der Waals surface area contributed by atoms with Gasteiger partial charge >= 0.3 is 0 Å². The van der Waals surface area contributed by atoms with Gasteiger partial charge in [0.05, 0.1) is 7.11 Å². The van der Waals surface area contributed by atoms with Crippen LogP contribution >= 0.6 is 0 Å². The van der Waals surface area contributed by atoms with Crippen molar-refractivity contribution in [2.45, 2.75) is 104 Å². The number of benzene rings is 1. The largest absolute Gasteiger partial charge is 0.497 e. The van der Waals surface area contributed by atoms with Crippen LogP contribution in [0.2, 0.25) is 18.6 Å². The Morgan fingerprint density at radius 2 is 1.47 bits per heavy atom. The van der Waals surface area contributed by atoms with Crippen LogP contribution in [-0.4, -0.2) is 31.0 Å². The van der Waals surface area contributed by atoms with Crippen LogP contribution in [0.1, 0.15) is 80.4 Å². The predicted octanol–water partition coefficient (Wildman–Crippen LogP) is 8.30. The van der Waals surface area contributed by atoms with Crippen LogP contribution < -0.4 is 4.74 Å². The first-order valence-corrected chi connectivity index (χ1v) is 16.4. The minimum Gasteiger partial charge on any atom is -0.497 e. The second kappa shape index (κ2) is 7.84. The summed E-state index contributed by atoms with van der Waals surface area (Å²) < 4.78 is 8.55. The van der Waals surface area contributed by atoms with Gasteiger partial charge in [-0.2, -0.15) is 0 Å². The van der Waals surface area contributed by atoms with Crippen LogP contribution in [0.15, 0.2) is 35.9 Å². The predicted molar refractivity (Wildman–Crippen MR) is 150 cm³/mol. The van der Waals surface area contributed by atoms with Crippen LogP contribution in [0.3, 0.4) is 0 Å². The Balaban J connectivity index is 1.86. The minimum atomic E-state index is -1.83. The van der Waals surface area contributed by atoms with Gasteiger partial charge in [-0.05, 0) is 105 Å². The summed E-state index contributed by atoms with van der Waals surface area (Å²) in [7, 11) is -0.0561. The van der Waals surface area contributed by atoms with Crippen LogP contribution in [0.5, 0.6) is 5.75 Å². The van der Waals surface area contributed by atoms with E-state index in [2.05, 4.69) is 117 Å². The lowest BCUT2D eigenvalue weighted by Gasteiger charge is -2.57. The fraction of sp³-hybridized carbons (Fsp3) is 0.677. The summed E-state index contributed by atoms with van der Waals surface area (Å²) in [6, 6.07) is 6.72. The van der Waals surface area contributed by atoms with Crippen molar-refractivity contribution < 1.29 is 4.74 Å². The minimum absolute atomic E-state index is 0.0253. The molecule has 1 saturated carbocycles. The van der Waals surface area contributed by atoms with Crippen LogP contribution in [0.4, 0.5) is 0 Å². The highest BCUT2D eigenvalue weighted by molar-refractivity contribution is 6.76. The van der Waals surface area contributed by atoms with E-state index in [1.807, 2.05) is 0 Å². The smallest absolute Gasteiger partial charge is 0.127 e. The molecule has 0 spiro atoms. The van der Waals surface area contributed by atoms with Crippen molar-refractivity contribution in [1.82, 2.24) is 4.57 Å². The van der Waals surface area contributed by atoms with Crippen molar-refractivity contribution in [3.8, 4) is 5.75 Å². The molecule has 3 aliphatic rings. The summed E-state index contributed by atoms with van der Waals surface area (Å²) in [5.74, 6) is 3.62. The Morgan fingerprint density at radius 3 is 2.00 bits per heavy atom. The number of allylic oxidation sites excluding steroid dienone is 4. The van der Waals surface area contributed by atoms with Gasteiger partial charge in [0.1, 0.15) is 14.0 Å². The molecule has 3 aliphatic carbocycles. The maximum absolute atomic E-state index is 5.60. The molecular weight excluding hydrogens is 430 g/mol. The van der Waals surface area contributed by atoms with E-state index in [4.69, 9.17) is 4.74 Å². The van der Waals surface area contributed by atoms with Gasteiger partial charge < -0.3 is 9.30 Å². The first-order chi connectivity index (χ1) is 15.4. The summed E-state index contributed by atoms with van der Waals surface area (Å²) in [6.07, 6.45) is 5.43. The molecule has 3 heteroatoms. The third-order valence-corrected chi connectivity index (χ3v) is 14.5. The number of hydrogen-bond donors (Lipinski definition) is 0. The molecule has 34 heavy (non-hydrogen) atoms. The van der Waals surface area contributed by atoms with Crippen LogP contribution in [0, 0.1) is 23.7 Å². The van der Waals surface area contributed by atoms with E-state index >= 15 is 0 Å². The van der Waals surface area contributed by atoms with Gasteiger partial charge in [0.15, 0.2) is 0 Å². The Kier molecular flexibility index (Phi) is 5.94. The molecule has 0 aliphatic heterocycles. The van der Waals surface area contributed by atoms with E-state index in [9.17, 15) is 0 Å². The van der Waals surface area contributed by atoms with E-state index in [0.29, 0.717) is 17.8 Å². The van der Waals surface area contributed by atoms with E-state index < -0.39 is 8.24 Å². The number of ether oxygens (including phenoxy) is 1. The topological polar surface area (TPSA) is 12.5 Å². The molecule has 0 amide bonds. The zero-order chi connectivity index (χ0) is 25.6. The van der Waals surface area contributed by atoms with E-state index in [0.717, 1.165) is 17.2 Å². The molecule has 0 radical (unpaired) electrons. The fourth-order valence-electron chi connectivity index (χ4n) is 8.99. The molecule has 1 aromatic rings. The molecule has 1 aromatic carbocycles. The lowest BCUT2D eigenvalue weighted by molar-refractivity contribution is 0.121. The second-order valence-electron chi connectivity index (χ2n) is 14.4. The van der Waals surface area contributed by atoms with Crippen molar-refractivity contribution in [2.24, 2.45) is 23.7 Å². The standard InChI is InChI=1S/C31H49NOSi/c1-19-20(2)28(34(12,13)32(29(3,4)5)30(6,7)8)25-17-24-22-15-14-21(33-11)16-26(22)31(9,10)27(24)18-23(19)25/h14-20,23,25,28H,1-13H3. The molecule has 2 nitrogen and oxygen atoms in total. The zero-order valence-corrected chi connectivity index (χ0v) is 25.1. The van der Waals surface area contributed by atoms with Crippen molar-refractivity contribution in [3.63, 3.8) is 0 Å². The molecule has 0 N–H and O–H groups in total. The molecule has 0 bridgehead atoms. The van der Waals surface area contributed by atoms with Crippen molar-refractivity contribution in [2.75, 3.05) is 7.11 Å². The van der Waals surface area contributed by atoms with Crippen molar-refractivity contribution in [1.29, 1.82) is 0 Å². The molecule has 0 heterocycles. The van der Waals surface area contributed by atoms with Crippen molar-refractivity contribution >= 4 is 13.8 Å². The quantitative estimate of drug-likeness (QED) is 0.404. The summed E-state index contributed by atoms with van der Waals surface area (Å²) >= 11 is 0. The Morgan fingerprint density at radius 1 is 0.882 bits per heavy atom.